The molecule has 0 aliphatic rings. The van der Waals surface area contributed by atoms with Crippen molar-refractivity contribution < 1.29 is 23.8 Å². The molecular formula is C31H32ClNO5. The number of furan rings is 1. The van der Waals surface area contributed by atoms with Crippen molar-refractivity contribution >= 4 is 40.0 Å². The number of ether oxygens (including phenoxy) is 1. The Kier molecular flexibility index (Phi) is 9.44. The number of rotatable bonds is 14. The maximum absolute atomic E-state index is 12.3. The van der Waals surface area contributed by atoms with Crippen LogP contribution in [0.4, 0.5) is 5.69 Å². The van der Waals surface area contributed by atoms with Gasteiger partial charge in [-0.3, -0.25) is 9.59 Å². The Morgan fingerprint density at radius 2 is 1.79 bits per heavy atom. The molecule has 7 heteroatoms. The van der Waals surface area contributed by atoms with Crippen molar-refractivity contribution in [2.75, 3.05) is 11.9 Å². The fourth-order valence-corrected chi connectivity index (χ4v) is 4.54. The van der Waals surface area contributed by atoms with Crippen LogP contribution in [0.25, 0.3) is 22.3 Å². The molecule has 6 nitrogen and oxygen atoms in total. The van der Waals surface area contributed by atoms with E-state index in [1.54, 1.807) is 12.1 Å². The van der Waals surface area contributed by atoms with Crippen molar-refractivity contribution in [3.8, 4) is 17.1 Å². The summed E-state index contributed by atoms with van der Waals surface area (Å²) in [5, 5.41) is 13.9. The Labute approximate surface area is 227 Å². The SMILES string of the molecule is CCCC[C@@H](COc1ccc(-c2cc3ccccc3o2)c(Cl)c1)Nc1ccc(C(=O)CCCC(=O)O)cc1. The van der Waals surface area contributed by atoms with Gasteiger partial charge in [-0.05, 0) is 67.4 Å². The molecule has 1 atom stereocenters. The monoisotopic (exact) mass is 533 g/mol. The van der Waals surface area contributed by atoms with Crippen LogP contribution in [0.2, 0.25) is 5.02 Å². The van der Waals surface area contributed by atoms with Gasteiger partial charge in [-0.25, -0.2) is 0 Å². The number of carboxylic acids is 1. The molecule has 0 aliphatic carbocycles. The van der Waals surface area contributed by atoms with Crippen LogP contribution in [-0.4, -0.2) is 29.5 Å². The lowest BCUT2D eigenvalue weighted by Gasteiger charge is -2.21. The molecule has 1 heterocycles. The summed E-state index contributed by atoms with van der Waals surface area (Å²) in [7, 11) is 0. The molecule has 0 radical (unpaired) electrons. The maximum atomic E-state index is 12.3. The minimum atomic E-state index is -0.887. The number of fused-ring (bicyclic) bond motifs is 1. The molecule has 0 fully saturated rings. The first-order valence-corrected chi connectivity index (χ1v) is 13.3. The summed E-state index contributed by atoms with van der Waals surface area (Å²) >= 11 is 6.60. The van der Waals surface area contributed by atoms with Gasteiger partial charge in [-0.2, -0.15) is 0 Å². The van der Waals surface area contributed by atoms with Gasteiger partial charge in [0, 0.05) is 35.0 Å². The highest BCUT2D eigenvalue weighted by atomic mass is 35.5. The third kappa shape index (κ3) is 7.39. The number of unbranched alkanes of at least 4 members (excludes halogenated alkanes) is 1. The summed E-state index contributed by atoms with van der Waals surface area (Å²) in [6.07, 6.45) is 3.61. The van der Waals surface area contributed by atoms with E-state index in [1.807, 2.05) is 60.7 Å². The zero-order valence-corrected chi connectivity index (χ0v) is 22.2. The Balaban J connectivity index is 1.36. The van der Waals surface area contributed by atoms with E-state index in [-0.39, 0.29) is 24.7 Å². The molecule has 0 bridgehead atoms. The number of benzene rings is 3. The van der Waals surface area contributed by atoms with Crippen molar-refractivity contribution in [2.24, 2.45) is 0 Å². The number of aliphatic carboxylic acids is 1. The van der Waals surface area contributed by atoms with E-state index in [2.05, 4.69) is 12.2 Å². The van der Waals surface area contributed by atoms with Crippen molar-refractivity contribution in [3.05, 3.63) is 83.4 Å². The lowest BCUT2D eigenvalue weighted by molar-refractivity contribution is -0.137. The van der Waals surface area contributed by atoms with E-state index in [4.69, 9.17) is 25.9 Å². The number of carboxylic acid groups (broad SMARTS) is 1. The summed E-state index contributed by atoms with van der Waals surface area (Å²) in [6, 6.07) is 22.8. The second-order valence-corrected chi connectivity index (χ2v) is 9.74. The Morgan fingerprint density at radius 1 is 1.00 bits per heavy atom. The van der Waals surface area contributed by atoms with Gasteiger partial charge in [0.2, 0.25) is 0 Å². The van der Waals surface area contributed by atoms with Crippen molar-refractivity contribution in [2.45, 2.75) is 51.5 Å². The summed E-state index contributed by atoms with van der Waals surface area (Å²) in [5.74, 6) is 0.461. The first-order chi connectivity index (χ1) is 18.4. The molecule has 0 amide bonds. The van der Waals surface area contributed by atoms with Gasteiger partial charge in [0.05, 0.1) is 11.1 Å². The minimum Gasteiger partial charge on any atom is -0.491 e. The standard InChI is InChI=1S/C31H32ClNO5/c1-2-3-8-24(33-23-14-12-21(13-15-23)28(34)9-6-11-31(35)36)20-37-25-16-17-26(27(32)19-25)30-18-22-7-4-5-10-29(22)38-30/h4-5,7,10,12-19,24,33H,2-3,6,8-9,11,20H2,1H3,(H,35,36)/t24-/m0/s1. The number of hydrogen-bond acceptors (Lipinski definition) is 5. The van der Waals surface area contributed by atoms with Crippen LogP contribution < -0.4 is 10.1 Å². The molecule has 198 valence electrons. The lowest BCUT2D eigenvalue weighted by Crippen LogP contribution is -2.27. The predicted molar refractivity (Wildman–Crippen MR) is 151 cm³/mol. The largest absolute Gasteiger partial charge is 0.491 e. The zero-order valence-electron chi connectivity index (χ0n) is 21.4. The van der Waals surface area contributed by atoms with Crippen molar-refractivity contribution in [1.29, 1.82) is 0 Å². The van der Waals surface area contributed by atoms with Crippen LogP contribution in [0.15, 0.2) is 77.2 Å². The quantitative estimate of drug-likeness (QED) is 0.159. The fraction of sp³-hybridized carbons (Fsp3) is 0.290. The van der Waals surface area contributed by atoms with Gasteiger partial charge >= 0.3 is 5.97 Å². The Bertz CT molecular complexity index is 1350. The number of carbonyl (C=O) groups excluding carboxylic acids is 1. The summed E-state index contributed by atoms with van der Waals surface area (Å²) in [6.45, 7) is 2.61. The van der Waals surface area contributed by atoms with E-state index in [9.17, 15) is 9.59 Å². The smallest absolute Gasteiger partial charge is 0.303 e. The highest BCUT2D eigenvalue weighted by Crippen LogP contribution is 2.34. The van der Waals surface area contributed by atoms with E-state index < -0.39 is 5.97 Å². The molecule has 4 aromatic rings. The molecule has 2 N–H and O–H groups in total. The van der Waals surface area contributed by atoms with Gasteiger partial charge in [-0.15, -0.1) is 0 Å². The van der Waals surface area contributed by atoms with Crippen LogP contribution in [0.1, 0.15) is 55.8 Å². The first kappa shape index (κ1) is 27.3. The topological polar surface area (TPSA) is 88.8 Å². The number of Topliss-reactive ketones (excluding diaryl/α,β-unsaturated/α-hetero) is 1. The fourth-order valence-electron chi connectivity index (χ4n) is 4.28. The van der Waals surface area contributed by atoms with Crippen LogP contribution >= 0.6 is 11.6 Å². The number of halogens is 1. The predicted octanol–water partition coefficient (Wildman–Crippen LogP) is 8.24. The van der Waals surface area contributed by atoms with E-state index in [1.165, 1.54) is 0 Å². The summed E-state index contributed by atoms with van der Waals surface area (Å²) < 4.78 is 12.1. The molecule has 0 unspecified atom stereocenters. The van der Waals surface area contributed by atoms with Gasteiger partial charge in [-0.1, -0.05) is 49.6 Å². The van der Waals surface area contributed by atoms with Gasteiger partial charge in [0.1, 0.15) is 23.7 Å². The Hall–Kier alpha value is -3.77. The van der Waals surface area contributed by atoms with Crippen molar-refractivity contribution in [3.63, 3.8) is 0 Å². The molecule has 0 spiro atoms. The molecule has 0 aliphatic heterocycles. The number of carbonyl (C=O) groups is 2. The number of ketones is 1. The van der Waals surface area contributed by atoms with Crippen LogP contribution in [-0.2, 0) is 4.79 Å². The molecule has 1 aromatic heterocycles. The van der Waals surface area contributed by atoms with Crippen LogP contribution in [0.5, 0.6) is 5.75 Å². The number of hydrogen-bond donors (Lipinski definition) is 2. The van der Waals surface area contributed by atoms with Gasteiger partial charge in [0.15, 0.2) is 5.78 Å². The van der Waals surface area contributed by atoms with Gasteiger partial charge in [0.25, 0.3) is 0 Å². The zero-order chi connectivity index (χ0) is 26.9. The van der Waals surface area contributed by atoms with Gasteiger partial charge < -0.3 is 19.6 Å². The highest BCUT2D eigenvalue weighted by Gasteiger charge is 2.14. The second kappa shape index (κ2) is 13.2. The average molecular weight is 534 g/mol. The maximum Gasteiger partial charge on any atom is 0.303 e. The third-order valence-corrected chi connectivity index (χ3v) is 6.67. The molecule has 0 saturated carbocycles. The summed E-state index contributed by atoms with van der Waals surface area (Å²) in [4.78, 5) is 23.0. The van der Waals surface area contributed by atoms with Crippen molar-refractivity contribution in [1.82, 2.24) is 0 Å². The lowest BCUT2D eigenvalue weighted by atomic mass is 10.0. The van der Waals surface area contributed by atoms with Crippen LogP contribution in [0, 0.1) is 0 Å². The molecule has 3 aromatic carbocycles. The molecule has 4 rings (SSSR count). The molecule has 0 saturated heterocycles. The first-order valence-electron chi connectivity index (χ1n) is 13.0. The molecule has 38 heavy (non-hydrogen) atoms. The second-order valence-electron chi connectivity index (χ2n) is 9.33. The van der Waals surface area contributed by atoms with E-state index in [0.717, 1.165) is 41.5 Å². The Morgan fingerprint density at radius 3 is 2.50 bits per heavy atom. The number of para-hydroxylation sites is 1. The average Bonchev–Trinajstić information content (AvgIpc) is 3.34. The number of nitrogens with one attached hydrogen (secondary N) is 1. The third-order valence-electron chi connectivity index (χ3n) is 6.36. The number of anilines is 1. The van der Waals surface area contributed by atoms with E-state index in [0.29, 0.717) is 35.1 Å². The van der Waals surface area contributed by atoms with Crippen LogP contribution in [0.3, 0.4) is 0 Å². The molecular weight excluding hydrogens is 502 g/mol. The normalized spacial score (nSPS) is 11.8. The summed E-state index contributed by atoms with van der Waals surface area (Å²) in [5.41, 5.74) is 3.12. The highest BCUT2D eigenvalue weighted by molar-refractivity contribution is 6.33. The minimum absolute atomic E-state index is 0.00166. The van der Waals surface area contributed by atoms with E-state index >= 15 is 0 Å².